The van der Waals surface area contributed by atoms with Crippen molar-refractivity contribution in [2.24, 2.45) is 0 Å². The molecule has 2 aromatic carbocycles. The van der Waals surface area contributed by atoms with Crippen LogP contribution in [0, 0.1) is 13.8 Å². The molecule has 0 saturated carbocycles. The summed E-state index contributed by atoms with van der Waals surface area (Å²) in [6, 6.07) is 21.8. The summed E-state index contributed by atoms with van der Waals surface area (Å²) in [5.41, 5.74) is 5.64. The maximum Gasteiger partial charge on any atom is 0.247 e. The lowest BCUT2D eigenvalue weighted by Crippen LogP contribution is -2.20. The second-order valence-electron chi connectivity index (χ2n) is 8.39. The van der Waals surface area contributed by atoms with Crippen LogP contribution in [0.3, 0.4) is 0 Å². The lowest BCUT2D eigenvalue weighted by atomic mass is 10.0. The minimum absolute atomic E-state index is 0.0357. The normalized spacial score (nSPS) is 11.1. The summed E-state index contributed by atoms with van der Waals surface area (Å²) in [6.45, 7) is 4.58. The lowest BCUT2D eigenvalue weighted by molar-refractivity contribution is -0.116. The maximum atomic E-state index is 12.9. The van der Waals surface area contributed by atoms with Crippen molar-refractivity contribution in [2.75, 3.05) is 12.4 Å². The Labute approximate surface area is 203 Å². The van der Waals surface area contributed by atoms with Gasteiger partial charge in [0.1, 0.15) is 12.3 Å². The van der Waals surface area contributed by atoms with E-state index in [0.717, 1.165) is 39.2 Å². The molecule has 0 radical (unpaired) electrons. The molecule has 0 unspecified atom stereocenters. The summed E-state index contributed by atoms with van der Waals surface area (Å²) in [5.74, 6) is 1.10. The number of carbonyl (C=O) groups is 1. The summed E-state index contributed by atoms with van der Waals surface area (Å²) < 4.78 is 8.79. The van der Waals surface area contributed by atoms with Crippen molar-refractivity contribution in [3.8, 4) is 16.9 Å². The number of pyridine rings is 1. The Morgan fingerprint density at radius 1 is 0.971 bits per heavy atom. The molecule has 0 fully saturated rings. The summed E-state index contributed by atoms with van der Waals surface area (Å²) in [5, 5.41) is 13.0. The van der Waals surface area contributed by atoms with Crippen molar-refractivity contribution in [1.29, 1.82) is 0 Å². The third kappa shape index (κ3) is 4.63. The monoisotopic (exact) mass is 466 g/mol. The molecule has 8 nitrogen and oxygen atoms in total. The number of anilines is 1. The highest BCUT2D eigenvalue weighted by Gasteiger charge is 2.17. The van der Waals surface area contributed by atoms with Crippen LogP contribution in [0.2, 0.25) is 0 Å². The van der Waals surface area contributed by atoms with Crippen molar-refractivity contribution in [3.63, 3.8) is 0 Å². The fraction of sp³-hybridized carbons (Fsp3) is 0.185. The van der Waals surface area contributed by atoms with E-state index in [0.29, 0.717) is 18.0 Å². The van der Waals surface area contributed by atoms with Gasteiger partial charge < -0.3 is 10.1 Å². The third-order valence-electron chi connectivity index (χ3n) is 5.93. The Bertz CT molecular complexity index is 1490. The Hall–Kier alpha value is -4.46. The van der Waals surface area contributed by atoms with Gasteiger partial charge in [0.2, 0.25) is 5.91 Å². The zero-order valence-electron chi connectivity index (χ0n) is 19.9. The molecule has 0 spiro atoms. The van der Waals surface area contributed by atoms with Crippen LogP contribution in [0.25, 0.3) is 22.2 Å². The highest BCUT2D eigenvalue weighted by Crippen LogP contribution is 2.31. The number of aryl methyl sites for hydroxylation is 2. The number of carbonyl (C=O) groups excluding carboxylic acids is 1. The van der Waals surface area contributed by atoms with Gasteiger partial charge in [-0.1, -0.05) is 42.5 Å². The quantitative estimate of drug-likeness (QED) is 0.379. The van der Waals surface area contributed by atoms with Crippen LogP contribution in [-0.2, 0) is 17.9 Å². The first-order chi connectivity index (χ1) is 17.0. The smallest absolute Gasteiger partial charge is 0.247 e. The Balaban J connectivity index is 1.35. The molecule has 176 valence electrons. The Kier molecular flexibility index (Phi) is 6.01. The largest absolute Gasteiger partial charge is 0.497 e. The van der Waals surface area contributed by atoms with E-state index in [9.17, 15) is 4.79 Å². The average molecular weight is 467 g/mol. The van der Waals surface area contributed by atoms with Crippen LogP contribution in [-0.4, -0.2) is 37.6 Å². The number of hydrogen-bond donors (Lipinski definition) is 1. The minimum atomic E-state index is -0.213. The standard InChI is InChI=1S/C27H26N6O2/c1-18-15-24(31-32(18)16-20-7-5-4-6-8-20)29-25(34)17-33-27-26(19(2)30-33)23(13-14-28-27)21-9-11-22(35-3)12-10-21/h4-15H,16-17H2,1-3H3,(H,29,31,34). The van der Waals surface area contributed by atoms with Gasteiger partial charge in [-0.2, -0.15) is 10.2 Å². The van der Waals surface area contributed by atoms with Crippen molar-refractivity contribution in [1.82, 2.24) is 24.5 Å². The topological polar surface area (TPSA) is 86.9 Å². The Morgan fingerprint density at radius 3 is 2.49 bits per heavy atom. The molecule has 0 atom stereocenters. The molecule has 1 amide bonds. The number of rotatable bonds is 7. The number of ether oxygens (including phenoxy) is 1. The molecule has 5 aromatic rings. The zero-order chi connectivity index (χ0) is 24.4. The first-order valence-corrected chi connectivity index (χ1v) is 11.4. The summed E-state index contributed by atoms with van der Waals surface area (Å²) >= 11 is 0. The van der Waals surface area contributed by atoms with Crippen molar-refractivity contribution >= 4 is 22.8 Å². The van der Waals surface area contributed by atoms with Gasteiger partial charge in [-0.05, 0) is 48.7 Å². The SMILES string of the molecule is COc1ccc(-c2ccnc3c2c(C)nn3CC(=O)Nc2cc(C)n(Cc3ccccc3)n2)cc1. The van der Waals surface area contributed by atoms with Gasteiger partial charge in [0.25, 0.3) is 0 Å². The minimum Gasteiger partial charge on any atom is -0.497 e. The van der Waals surface area contributed by atoms with Crippen LogP contribution < -0.4 is 10.1 Å². The van der Waals surface area contributed by atoms with Crippen LogP contribution in [0.4, 0.5) is 5.82 Å². The fourth-order valence-electron chi connectivity index (χ4n) is 4.21. The van der Waals surface area contributed by atoms with Gasteiger partial charge in [0.15, 0.2) is 11.5 Å². The highest BCUT2D eigenvalue weighted by atomic mass is 16.5. The van der Waals surface area contributed by atoms with Gasteiger partial charge >= 0.3 is 0 Å². The van der Waals surface area contributed by atoms with Crippen LogP contribution in [0.5, 0.6) is 5.75 Å². The molecule has 3 aromatic heterocycles. The van der Waals surface area contributed by atoms with Gasteiger partial charge in [-0.15, -0.1) is 0 Å². The number of hydrogen-bond acceptors (Lipinski definition) is 5. The molecule has 0 aliphatic heterocycles. The second kappa shape index (κ2) is 9.42. The summed E-state index contributed by atoms with van der Waals surface area (Å²) in [6.07, 6.45) is 1.74. The predicted octanol–water partition coefficient (Wildman–Crippen LogP) is 4.61. The number of fused-ring (bicyclic) bond motifs is 1. The molecular formula is C27H26N6O2. The van der Waals surface area contributed by atoms with E-state index in [-0.39, 0.29) is 12.5 Å². The molecule has 1 N–H and O–H groups in total. The zero-order valence-corrected chi connectivity index (χ0v) is 19.9. The summed E-state index contributed by atoms with van der Waals surface area (Å²) in [7, 11) is 1.65. The van der Waals surface area contributed by atoms with Crippen molar-refractivity contribution in [2.45, 2.75) is 26.9 Å². The van der Waals surface area contributed by atoms with Crippen LogP contribution in [0.1, 0.15) is 17.0 Å². The van der Waals surface area contributed by atoms with Gasteiger partial charge in [-0.25, -0.2) is 9.67 Å². The van der Waals surface area contributed by atoms with E-state index in [2.05, 4.69) is 32.6 Å². The fourth-order valence-corrected chi connectivity index (χ4v) is 4.21. The van der Waals surface area contributed by atoms with Crippen molar-refractivity contribution < 1.29 is 9.53 Å². The molecule has 0 bridgehead atoms. The number of amides is 1. The maximum absolute atomic E-state index is 12.9. The van der Waals surface area contributed by atoms with Gasteiger partial charge in [0, 0.05) is 23.3 Å². The van der Waals surface area contributed by atoms with Crippen LogP contribution >= 0.6 is 0 Å². The number of aromatic nitrogens is 5. The lowest BCUT2D eigenvalue weighted by Gasteiger charge is -2.07. The van der Waals surface area contributed by atoms with E-state index in [1.54, 1.807) is 18.0 Å². The number of methoxy groups -OCH3 is 1. The molecule has 0 aliphatic rings. The van der Waals surface area contributed by atoms with Gasteiger partial charge in [0.05, 0.1) is 19.3 Å². The number of nitrogens with one attached hydrogen (secondary N) is 1. The van der Waals surface area contributed by atoms with E-state index < -0.39 is 0 Å². The van der Waals surface area contributed by atoms with E-state index in [1.165, 1.54) is 0 Å². The molecule has 5 rings (SSSR count). The molecule has 3 heterocycles. The molecule has 0 aliphatic carbocycles. The third-order valence-corrected chi connectivity index (χ3v) is 5.93. The highest BCUT2D eigenvalue weighted by molar-refractivity contribution is 5.96. The number of benzene rings is 2. The molecule has 0 saturated heterocycles. The Morgan fingerprint density at radius 2 is 1.74 bits per heavy atom. The average Bonchev–Trinajstić information content (AvgIpc) is 3.37. The molecular weight excluding hydrogens is 440 g/mol. The molecule has 35 heavy (non-hydrogen) atoms. The first kappa shape index (κ1) is 22.3. The van der Waals surface area contributed by atoms with Gasteiger partial charge in [-0.3, -0.25) is 9.48 Å². The van der Waals surface area contributed by atoms with E-state index in [1.807, 2.05) is 73.1 Å². The van der Waals surface area contributed by atoms with Crippen molar-refractivity contribution in [3.05, 3.63) is 89.9 Å². The first-order valence-electron chi connectivity index (χ1n) is 11.4. The molecule has 8 heteroatoms. The van der Waals surface area contributed by atoms with E-state index in [4.69, 9.17) is 4.74 Å². The predicted molar refractivity (Wildman–Crippen MR) is 135 cm³/mol. The van der Waals surface area contributed by atoms with Crippen LogP contribution in [0.15, 0.2) is 72.9 Å². The number of nitrogens with zero attached hydrogens (tertiary/aromatic N) is 5. The summed E-state index contributed by atoms with van der Waals surface area (Å²) in [4.78, 5) is 17.4. The second-order valence-corrected chi connectivity index (χ2v) is 8.39. The van der Waals surface area contributed by atoms with E-state index >= 15 is 0 Å².